The number of likely N-dealkylation sites (N-methyl/N-ethyl adjacent to an activating group) is 1. The average molecular weight is 405 g/mol. The molecule has 30 heavy (non-hydrogen) atoms. The highest BCUT2D eigenvalue weighted by atomic mass is 16.5. The van der Waals surface area contributed by atoms with Crippen molar-refractivity contribution < 1.29 is 14.3 Å². The average Bonchev–Trinajstić information content (AvgIpc) is 3.01. The van der Waals surface area contributed by atoms with Gasteiger partial charge in [0.05, 0.1) is 18.4 Å². The molecule has 6 nitrogen and oxygen atoms in total. The van der Waals surface area contributed by atoms with Gasteiger partial charge >= 0.3 is 0 Å². The molecular weight excluding hydrogens is 378 g/mol. The Bertz CT molecular complexity index is 1040. The number of anilines is 1. The second-order valence-corrected chi connectivity index (χ2v) is 7.88. The Labute approximate surface area is 177 Å². The molecule has 0 unspecified atom stereocenters. The molecule has 1 saturated heterocycles. The summed E-state index contributed by atoms with van der Waals surface area (Å²) in [4.78, 5) is 33.0. The lowest BCUT2D eigenvalue weighted by molar-refractivity contribution is -0.120. The van der Waals surface area contributed by atoms with E-state index < -0.39 is 0 Å². The minimum atomic E-state index is -0.299. The molecule has 2 aliphatic heterocycles. The molecule has 0 bridgehead atoms. The molecular formula is C24H27N3O3. The van der Waals surface area contributed by atoms with Gasteiger partial charge < -0.3 is 14.5 Å². The lowest BCUT2D eigenvalue weighted by Crippen LogP contribution is -2.46. The van der Waals surface area contributed by atoms with Gasteiger partial charge in [0.15, 0.2) is 0 Å². The number of hydrogen-bond donors (Lipinski definition) is 0. The van der Waals surface area contributed by atoms with Crippen molar-refractivity contribution in [1.82, 2.24) is 9.80 Å². The molecule has 0 saturated carbocycles. The van der Waals surface area contributed by atoms with Gasteiger partial charge in [0.25, 0.3) is 11.8 Å². The quantitative estimate of drug-likeness (QED) is 0.733. The summed E-state index contributed by atoms with van der Waals surface area (Å²) in [6, 6.07) is 13.1. The summed E-state index contributed by atoms with van der Waals surface area (Å²) in [5, 5.41) is 0. The fraction of sp³-hybridized carbons (Fsp3) is 0.333. The molecule has 6 heteroatoms. The highest BCUT2D eigenvalue weighted by Crippen LogP contribution is 2.39. The van der Waals surface area contributed by atoms with E-state index in [4.69, 9.17) is 4.74 Å². The van der Waals surface area contributed by atoms with Crippen molar-refractivity contribution in [2.75, 3.05) is 45.2 Å². The van der Waals surface area contributed by atoms with Crippen LogP contribution in [0.15, 0.2) is 48.2 Å². The fourth-order valence-corrected chi connectivity index (χ4v) is 4.13. The van der Waals surface area contributed by atoms with Crippen molar-refractivity contribution in [3.63, 3.8) is 0 Å². The van der Waals surface area contributed by atoms with E-state index in [0.717, 1.165) is 24.2 Å². The van der Waals surface area contributed by atoms with Crippen LogP contribution in [0, 0.1) is 13.8 Å². The minimum Gasteiger partial charge on any atom is -0.496 e. The number of hydrogen-bond acceptors (Lipinski definition) is 5. The van der Waals surface area contributed by atoms with Gasteiger partial charge in [-0.2, -0.15) is 0 Å². The Morgan fingerprint density at radius 2 is 1.57 bits per heavy atom. The second-order valence-electron chi connectivity index (χ2n) is 7.88. The largest absolute Gasteiger partial charge is 0.496 e. The van der Waals surface area contributed by atoms with Gasteiger partial charge in [-0.25, -0.2) is 4.90 Å². The number of methoxy groups -OCH3 is 1. The summed E-state index contributed by atoms with van der Waals surface area (Å²) in [5.74, 6) is 0.0226. The van der Waals surface area contributed by atoms with E-state index in [1.807, 2.05) is 61.2 Å². The molecule has 0 N–H and O–H groups in total. The molecule has 0 atom stereocenters. The number of nitrogens with zero attached hydrogens (tertiary/aromatic N) is 3. The first-order chi connectivity index (χ1) is 14.4. The SMILES string of the molecule is COc1ccccc1C1=C(N2CCN(C)CC2)C(=O)N(c2cccc(C)c2C)C1=O. The first-order valence-corrected chi connectivity index (χ1v) is 10.2. The number of benzene rings is 2. The summed E-state index contributed by atoms with van der Waals surface area (Å²) >= 11 is 0. The molecule has 2 amide bonds. The molecule has 2 aromatic rings. The standard InChI is InChI=1S/C24H27N3O3/c1-16-8-7-10-19(17(16)2)27-23(28)21(18-9-5-6-11-20(18)30-4)22(24(27)29)26-14-12-25(3)13-15-26/h5-11H,12-15H2,1-4H3. The molecule has 1 fully saturated rings. The van der Waals surface area contributed by atoms with Crippen LogP contribution < -0.4 is 9.64 Å². The van der Waals surface area contributed by atoms with Crippen molar-refractivity contribution in [2.24, 2.45) is 0 Å². The predicted molar refractivity (Wildman–Crippen MR) is 117 cm³/mol. The maximum Gasteiger partial charge on any atom is 0.282 e. The van der Waals surface area contributed by atoms with Gasteiger partial charge in [-0.1, -0.05) is 30.3 Å². The third-order valence-electron chi connectivity index (χ3n) is 6.07. The first kappa shape index (κ1) is 20.2. The van der Waals surface area contributed by atoms with E-state index >= 15 is 0 Å². The Kier molecular flexibility index (Phi) is 5.35. The zero-order valence-corrected chi connectivity index (χ0v) is 17.9. The van der Waals surface area contributed by atoms with Crippen molar-refractivity contribution in [3.8, 4) is 5.75 Å². The summed E-state index contributed by atoms with van der Waals surface area (Å²) < 4.78 is 5.53. The number of piperazine rings is 1. The number of carbonyl (C=O) groups is 2. The lowest BCUT2D eigenvalue weighted by atomic mass is 10.0. The number of ether oxygens (including phenoxy) is 1. The van der Waals surface area contributed by atoms with Crippen LogP contribution >= 0.6 is 0 Å². The van der Waals surface area contributed by atoms with Gasteiger partial charge in [0, 0.05) is 31.7 Å². The van der Waals surface area contributed by atoms with Crippen molar-refractivity contribution in [2.45, 2.75) is 13.8 Å². The van der Waals surface area contributed by atoms with E-state index in [1.165, 1.54) is 4.90 Å². The van der Waals surface area contributed by atoms with Crippen LogP contribution in [-0.2, 0) is 9.59 Å². The van der Waals surface area contributed by atoms with Gasteiger partial charge in [0.1, 0.15) is 11.4 Å². The summed E-state index contributed by atoms with van der Waals surface area (Å²) in [6.45, 7) is 7.01. The molecule has 4 rings (SSSR count). The van der Waals surface area contributed by atoms with Gasteiger partial charge in [-0.15, -0.1) is 0 Å². The molecule has 0 radical (unpaired) electrons. The number of rotatable bonds is 4. The first-order valence-electron chi connectivity index (χ1n) is 10.2. The van der Waals surface area contributed by atoms with Crippen molar-refractivity contribution in [3.05, 3.63) is 64.9 Å². The third-order valence-corrected chi connectivity index (χ3v) is 6.07. The molecule has 0 aromatic heterocycles. The van der Waals surface area contributed by atoms with E-state index in [9.17, 15) is 9.59 Å². The zero-order valence-electron chi connectivity index (χ0n) is 17.9. The summed E-state index contributed by atoms with van der Waals surface area (Å²) in [5.41, 5.74) is 4.15. The number of aryl methyl sites for hydroxylation is 1. The highest BCUT2D eigenvalue weighted by molar-refractivity contribution is 6.45. The Morgan fingerprint density at radius 3 is 2.27 bits per heavy atom. The molecule has 0 spiro atoms. The van der Waals surface area contributed by atoms with E-state index in [0.29, 0.717) is 41.4 Å². The van der Waals surface area contributed by atoms with Crippen LogP contribution in [0.4, 0.5) is 5.69 Å². The van der Waals surface area contributed by atoms with E-state index in [1.54, 1.807) is 7.11 Å². The van der Waals surface area contributed by atoms with Crippen LogP contribution in [0.2, 0.25) is 0 Å². The van der Waals surface area contributed by atoms with Gasteiger partial charge in [-0.05, 0) is 44.2 Å². The number of carbonyl (C=O) groups excluding carboxylic acids is 2. The Morgan fingerprint density at radius 1 is 0.867 bits per heavy atom. The second kappa shape index (κ2) is 7.95. The maximum atomic E-state index is 13.7. The highest BCUT2D eigenvalue weighted by Gasteiger charge is 2.44. The Hall–Kier alpha value is -3.12. The topological polar surface area (TPSA) is 53.1 Å². The summed E-state index contributed by atoms with van der Waals surface area (Å²) in [6.07, 6.45) is 0. The minimum absolute atomic E-state index is 0.265. The van der Waals surface area contributed by atoms with E-state index in [2.05, 4.69) is 11.9 Å². The van der Waals surface area contributed by atoms with Crippen LogP contribution in [0.1, 0.15) is 16.7 Å². The molecule has 156 valence electrons. The maximum absolute atomic E-state index is 13.7. The lowest BCUT2D eigenvalue weighted by Gasteiger charge is -2.34. The van der Waals surface area contributed by atoms with Crippen molar-refractivity contribution >= 4 is 23.1 Å². The summed E-state index contributed by atoms with van der Waals surface area (Å²) in [7, 11) is 3.65. The molecule has 0 aliphatic carbocycles. The van der Waals surface area contributed by atoms with Crippen molar-refractivity contribution in [1.29, 1.82) is 0 Å². The van der Waals surface area contributed by atoms with E-state index in [-0.39, 0.29) is 11.8 Å². The Balaban J connectivity index is 1.88. The number of imide groups is 1. The molecule has 2 aromatic carbocycles. The predicted octanol–water partition coefficient (Wildman–Crippen LogP) is 2.84. The number of amides is 2. The van der Waals surface area contributed by atoms with Gasteiger partial charge in [0.2, 0.25) is 0 Å². The molecule has 2 aliphatic rings. The normalized spacial score (nSPS) is 17.9. The van der Waals surface area contributed by atoms with Crippen LogP contribution in [0.3, 0.4) is 0 Å². The van der Waals surface area contributed by atoms with Crippen LogP contribution in [0.5, 0.6) is 5.75 Å². The molecule has 2 heterocycles. The monoisotopic (exact) mass is 405 g/mol. The number of para-hydroxylation sites is 1. The zero-order chi connectivity index (χ0) is 21.4. The van der Waals surface area contributed by atoms with Crippen LogP contribution in [0.25, 0.3) is 5.57 Å². The third kappa shape index (κ3) is 3.27. The fourth-order valence-electron chi connectivity index (χ4n) is 4.13. The van der Waals surface area contributed by atoms with Crippen LogP contribution in [-0.4, -0.2) is 62.0 Å². The smallest absolute Gasteiger partial charge is 0.282 e. The van der Waals surface area contributed by atoms with Gasteiger partial charge in [-0.3, -0.25) is 9.59 Å².